The number of quaternary nitrogens is 1. The monoisotopic (exact) mass is 411 g/mol. The number of hydrogen-bond donors (Lipinski definition) is 0. The summed E-state index contributed by atoms with van der Waals surface area (Å²) in [4.78, 5) is 0. The van der Waals surface area contributed by atoms with Crippen molar-refractivity contribution in [2.24, 2.45) is 0 Å². The molecule has 0 saturated heterocycles. The molecule has 0 radical (unpaired) electrons. The van der Waals surface area contributed by atoms with E-state index in [2.05, 4.69) is 74.5 Å². The molecule has 0 aliphatic carbocycles. The minimum atomic E-state index is 0. The fourth-order valence-electron chi connectivity index (χ4n) is 4.58. The van der Waals surface area contributed by atoms with Gasteiger partial charge in [-0.2, -0.15) is 0 Å². The van der Waals surface area contributed by atoms with Crippen molar-refractivity contribution in [3.8, 4) is 0 Å². The molecule has 0 unspecified atom stereocenters. The van der Waals surface area contributed by atoms with Crippen molar-refractivity contribution >= 4 is 11.4 Å². The first-order valence-corrected chi connectivity index (χ1v) is 12.3. The Balaban J connectivity index is 0.00000450. The SMILES string of the molecule is CCCCCCCCCCCCCC[N+](CC)(c1ccccc1)c1ccccc1.[OH-]. The molecule has 0 spiro atoms. The summed E-state index contributed by atoms with van der Waals surface area (Å²) in [5, 5.41) is 0. The van der Waals surface area contributed by atoms with Crippen molar-refractivity contribution in [3.05, 3.63) is 60.7 Å². The quantitative estimate of drug-likeness (QED) is 0.200. The third kappa shape index (κ3) is 8.62. The Morgan fingerprint density at radius 1 is 0.500 bits per heavy atom. The van der Waals surface area contributed by atoms with E-state index in [1.165, 1.54) is 95.0 Å². The maximum atomic E-state index is 2.33. The van der Waals surface area contributed by atoms with Crippen LogP contribution in [-0.2, 0) is 0 Å². The van der Waals surface area contributed by atoms with Gasteiger partial charge in [0.25, 0.3) is 0 Å². The smallest absolute Gasteiger partial charge is 0.137 e. The third-order valence-electron chi connectivity index (χ3n) is 6.43. The lowest BCUT2D eigenvalue weighted by molar-refractivity contribution is 0.382. The second kappa shape index (κ2) is 16.1. The molecule has 0 bridgehead atoms. The molecule has 0 aromatic heterocycles. The zero-order chi connectivity index (χ0) is 20.6. The van der Waals surface area contributed by atoms with E-state index >= 15 is 0 Å². The normalized spacial score (nSPS) is 11.3. The number of hydrogen-bond acceptors (Lipinski definition) is 1. The van der Waals surface area contributed by atoms with Crippen LogP contribution in [0.3, 0.4) is 0 Å². The maximum Gasteiger partial charge on any atom is 0.137 e. The van der Waals surface area contributed by atoms with Crippen molar-refractivity contribution < 1.29 is 5.48 Å². The van der Waals surface area contributed by atoms with Crippen LogP contribution in [-0.4, -0.2) is 18.6 Å². The van der Waals surface area contributed by atoms with Gasteiger partial charge in [0.1, 0.15) is 11.4 Å². The van der Waals surface area contributed by atoms with Crippen LogP contribution in [0.1, 0.15) is 90.9 Å². The van der Waals surface area contributed by atoms with Crippen LogP contribution in [0.15, 0.2) is 60.7 Å². The summed E-state index contributed by atoms with van der Waals surface area (Å²) in [5.74, 6) is 0. The molecule has 168 valence electrons. The van der Waals surface area contributed by atoms with E-state index in [-0.39, 0.29) is 5.48 Å². The summed E-state index contributed by atoms with van der Waals surface area (Å²) in [5.41, 5.74) is 2.84. The van der Waals surface area contributed by atoms with Crippen molar-refractivity contribution in [1.82, 2.24) is 4.48 Å². The Bertz CT molecular complexity index is 586. The minimum Gasteiger partial charge on any atom is -0.870 e. The Labute approximate surface area is 186 Å². The highest BCUT2D eigenvalue weighted by atomic mass is 16.0. The number of para-hydroxylation sites is 2. The molecule has 0 fully saturated rings. The average molecular weight is 412 g/mol. The topological polar surface area (TPSA) is 30.0 Å². The summed E-state index contributed by atoms with van der Waals surface area (Å²) in [7, 11) is 0. The van der Waals surface area contributed by atoms with Crippen LogP contribution >= 0.6 is 0 Å². The molecule has 30 heavy (non-hydrogen) atoms. The molecular formula is C28H45NO. The van der Waals surface area contributed by atoms with Crippen LogP contribution < -0.4 is 4.48 Å². The molecule has 0 aliphatic heterocycles. The molecule has 1 N–H and O–H groups in total. The fourth-order valence-corrected chi connectivity index (χ4v) is 4.58. The molecule has 0 heterocycles. The molecule has 0 saturated carbocycles. The minimum absolute atomic E-state index is 0. The number of unbranched alkanes of at least 4 members (excludes halogenated alkanes) is 11. The Kier molecular flexibility index (Phi) is 14.2. The Morgan fingerprint density at radius 2 is 0.867 bits per heavy atom. The van der Waals surface area contributed by atoms with E-state index in [1.807, 2.05) is 0 Å². The van der Waals surface area contributed by atoms with Crippen LogP contribution in [0.2, 0.25) is 0 Å². The van der Waals surface area contributed by atoms with Gasteiger partial charge in [-0.3, -0.25) is 4.48 Å². The maximum absolute atomic E-state index is 2.33. The van der Waals surface area contributed by atoms with Crippen LogP contribution in [0, 0.1) is 0 Å². The zero-order valence-corrected chi connectivity index (χ0v) is 19.6. The zero-order valence-electron chi connectivity index (χ0n) is 19.6. The van der Waals surface area contributed by atoms with Gasteiger partial charge >= 0.3 is 0 Å². The summed E-state index contributed by atoms with van der Waals surface area (Å²) in [6.07, 6.45) is 16.9. The Morgan fingerprint density at radius 3 is 1.23 bits per heavy atom. The van der Waals surface area contributed by atoms with Crippen molar-refractivity contribution in [2.45, 2.75) is 90.9 Å². The van der Waals surface area contributed by atoms with Crippen molar-refractivity contribution in [2.75, 3.05) is 13.1 Å². The van der Waals surface area contributed by atoms with E-state index in [4.69, 9.17) is 0 Å². The molecule has 2 rings (SSSR count). The lowest BCUT2D eigenvalue weighted by Gasteiger charge is -2.37. The number of nitrogens with zero attached hydrogens (tertiary/aromatic N) is 1. The van der Waals surface area contributed by atoms with Crippen LogP contribution in [0.5, 0.6) is 0 Å². The molecule has 0 amide bonds. The standard InChI is InChI=1S/C28H44N.H2O/c1-3-5-6-7-8-9-10-11-12-13-14-21-26-29(4-2,27-22-17-15-18-23-27)28-24-19-16-20-25-28;/h15-20,22-25H,3-14,21,26H2,1-2H3;1H2/q+1;/p-1. The van der Waals surface area contributed by atoms with Crippen molar-refractivity contribution in [1.29, 1.82) is 0 Å². The van der Waals surface area contributed by atoms with Gasteiger partial charge in [0.15, 0.2) is 0 Å². The number of rotatable bonds is 16. The van der Waals surface area contributed by atoms with Gasteiger partial charge in [-0.15, -0.1) is 0 Å². The predicted molar refractivity (Wildman–Crippen MR) is 133 cm³/mol. The molecule has 2 heteroatoms. The summed E-state index contributed by atoms with van der Waals surface area (Å²) >= 11 is 0. The fraction of sp³-hybridized carbons (Fsp3) is 0.571. The highest BCUT2D eigenvalue weighted by Gasteiger charge is 2.30. The van der Waals surface area contributed by atoms with E-state index in [0.717, 1.165) is 11.0 Å². The third-order valence-corrected chi connectivity index (χ3v) is 6.43. The van der Waals surface area contributed by atoms with Gasteiger partial charge in [-0.25, -0.2) is 0 Å². The molecule has 0 atom stereocenters. The van der Waals surface area contributed by atoms with E-state index in [9.17, 15) is 0 Å². The molecule has 0 aliphatic rings. The lowest BCUT2D eigenvalue weighted by atomic mass is 10.0. The molecule has 2 aromatic carbocycles. The largest absolute Gasteiger partial charge is 0.870 e. The first kappa shape index (κ1) is 26.4. The van der Waals surface area contributed by atoms with E-state index in [0.29, 0.717) is 0 Å². The second-order valence-electron chi connectivity index (χ2n) is 8.57. The first-order valence-electron chi connectivity index (χ1n) is 12.3. The summed E-state index contributed by atoms with van der Waals surface area (Å²) in [6.45, 7) is 6.93. The first-order chi connectivity index (χ1) is 14.3. The highest BCUT2D eigenvalue weighted by Crippen LogP contribution is 2.34. The summed E-state index contributed by atoms with van der Waals surface area (Å²) < 4.78 is 0.972. The molecule has 2 nitrogen and oxygen atoms in total. The van der Waals surface area contributed by atoms with E-state index < -0.39 is 0 Å². The Hall–Kier alpha value is -1.64. The van der Waals surface area contributed by atoms with Gasteiger partial charge in [-0.05, 0) is 44.0 Å². The number of benzene rings is 2. The lowest BCUT2D eigenvalue weighted by Crippen LogP contribution is -2.44. The van der Waals surface area contributed by atoms with Gasteiger partial charge in [0, 0.05) is 0 Å². The van der Waals surface area contributed by atoms with E-state index in [1.54, 1.807) is 0 Å². The second-order valence-corrected chi connectivity index (χ2v) is 8.57. The van der Waals surface area contributed by atoms with Crippen LogP contribution in [0.25, 0.3) is 0 Å². The van der Waals surface area contributed by atoms with Gasteiger partial charge in [0.2, 0.25) is 0 Å². The van der Waals surface area contributed by atoms with Gasteiger partial charge < -0.3 is 5.48 Å². The molecule has 2 aromatic rings. The van der Waals surface area contributed by atoms with Crippen molar-refractivity contribution in [3.63, 3.8) is 0 Å². The highest BCUT2D eigenvalue weighted by molar-refractivity contribution is 5.58. The van der Waals surface area contributed by atoms with Gasteiger partial charge in [0.05, 0.1) is 13.1 Å². The van der Waals surface area contributed by atoms with Crippen LogP contribution in [0.4, 0.5) is 11.4 Å². The average Bonchev–Trinajstić information content (AvgIpc) is 2.78. The van der Waals surface area contributed by atoms with Gasteiger partial charge in [-0.1, -0.05) is 108 Å². The molecular weight excluding hydrogens is 366 g/mol. The summed E-state index contributed by atoms with van der Waals surface area (Å²) in [6, 6.07) is 22.2. The predicted octanol–water partition coefficient (Wildman–Crippen LogP) is 8.87.